The van der Waals surface area contributed by atoms with Gasteiger partial charge in [-0.05, 0) is 50.3 Å². The average molecular weight is 252 g/mol. The molecule has 3 heteroatoms. The van der Waals surface area contributed by atoms with Crippen LogP contribution in [0.2, 0.25) is 0 Å². The van der Waals surface area contributed by atoms with Crippen LogP contribution in [0.5, 0.6) is 0 Å². The predicted octanol–water partition coefficient (Wildman–Crippen LogP) is 3.10. The molecule has 0 spiro atoms. The molecule has 104 valence electrons. The van der Waals surface area contributed by atoms with Gasteiger partial charge in [0.2, 0.25) is 0 Å². The molecule has 2 N–H and O–H groups in total. The van der Waals surface area contributed by atoms with Crippen molar-refractivity contribution in [3.8, 4) is 0 Å². The third kappa shape index (κ3) is 5.23. The lowest BCUT2D eigenvalue weighted by atomic mass is 10.1. The summed E-state index contributed by atoms with van der Waals surface area (Å²) in [6, 6.07) is 2.71. The predicted molar refractivity (Wildman–Crippen MR) is 76.7 cm³/mol. The highest BCUT2D eigenvalue weighted by molar-refractivity contribution is 5.15. The van der Waals surface area contributed by atoms with Crippen LogP contribution >= 0.6 is 0 Å². The molecule has 1 heterocycles. The molecule has 0 aliphatic heterocycles. The Labute approximate surface area is 111 Å². The summed E-state index contributed by atoms with van der Waals surface area (Å²) in [5, 5.41) is 12.3. The van der Waals surface area contributed by atoms with Gasteiger partial charge in [0, 0.05) is 31.6 Å². The number of nitrogens with one attached hydrogen (secondary N) is 1. The van der Waals surface area contributed by atoms with E-state index in [1.54, 1.807) is 0 Å². The van der Waals surface area contributed by atoms with E-state index in [0.29, 0.717) is 12.6 Å². The number of hydrogen-bond acceptors (Lipinski definition) is 2. The zero-order valence-electron chi connectivity index (χ0n) is 11.9. The fourth-order valence-electron chi connectivity index (χ4n) is 2.20. The van der Waals surface area contributed by atoms with Crippen molar-refractivity contribution in [1.29, 1.82) is 0 Å². The minimum Gasteiger partial charge on any atom is -0.396 e. The van der Waals surface area contributed by atoms with E-state index in [2.05, 4.69) is 42.2 Å². The molecule has 0 saturated heterocycles. The van der Waals surface area contributed by atoms with E-state index in [1.807, 2.05) is 0 Å². The Morgan fingerprint density at radius 1 is 1.28 bits per heavy atom. The molecule has 0 aliphatic rings. The Kier molecular flexibility index (Phi) is 7.78. The van der Waals surface area contributed by atoms with Gasteiger partial charge in [0.05, 0.1) is 0 Å². The fourth-order valence-corrected chi connectivity index (χ4v) is 2.20. The third-order valence-electron chi connectivity index (χ3n) is 3.30. The summed E-state index contributed by atoms with van der Waals surface area (Å²) in [5.41, 5.74) is 1.40. The molecule has 0 amide bonds. The zero-order chi connectivity index (χ0) is 13.2. The second-order valence-electron chi connectivity index (χ2n) is 4.88. The monoisotopic (exact) mass is 252 g/mol. The Morgan fingerprint density at radius 3 is 2.78 bits per heavy atom. The molecule has 0 aliphatic carbocycles. The fraction of sp³-hybridized carbons (Fsp3) is 0.733. The van der Waals surface area contributed by atoms with E-state index in [4.69, 9.17) is 5.11 Å². The highest BCUT2D eigenvalue weighted by atomic mass is 16.2. The molecule has 3 nitrogen and oxygen atoms in total. The topological polar surface area (TPSA) is 37.2 Å². The van der Waals surface area contributed by atoms with Crippen molar-refractivity contribution in [2.75, 3.05) is 13.2 Å². The van der Waals surface area contributed by atoms with Gasteiger partial charge < -0.3 is 15.0 Å². The van der Waals surface area contributed by atoms with Crippen LogP contribution in [0.3, 0.4) is 0 Å². The minimum atomic E-state index is 0.315. The van der Waals surface area contributed by atoms with E-state index < -0.39 is 0 Å². The number of aromatic nitrogens is 1. The lowest BCUT2D eigenvalue weighted by molar-refractivity contribution is 0.282. The van der Waals surface area contributed by atoms with Gasteiger partial charge in [0.15, 0.2) is 0 Å². The van der Waals surface area contributed by atoms with Gasteiger partial charge in [0.25, 0.3) is 0 Å². The molecule has 1 unspecified atom stereocenters. The summed E-state index contributed by atoms with van der Waals surface area (Å²) >= 11 is 0. The molecule has 1 aromatic heterocycles. The van der Waals surface area contributed by atoms with E-state index >= 15 is 0 Å². The first kappa shape index (κ1) is 15.3. The van der Waals surface area contributed by atoms with Gasteiger partial charge in [-0.25, -0.2) is 0 Å². The lowest BCUT2D eigenvalue weighted by Crippen LogP contribution is -2.21. The van der Waals surface area contributed by atoms with Gasteiger partial charge in [-0.2, -0.15) is 0 Å². The van der Waals surface area contributed by atoms with Crippen molar-refractivity contribution >= 4 is 0 Å². The molecule has 0 aromatic carbocycles. The van der Waals surface area contributed by atoms with Crippen LogP contribution in [-0.2, 0) is 6.54 Å². The summed E-state index contributed by atoms with van der Waals surface area (Å²) in [6.45, 7) is 6.89. The number of aryl methyl sites for hydroxylation is 1. The van der Waals surface area contributed by atoms with Crippen LogP contribution in [0.15, 0.2) is 18.5 Å². The SMILES string of the molecule is CCCNC(CC)c1ccn(CCCCCO)c1. The van der Waals surface area contributed by atoms with Crippen molar-refractivity contribution in [1.82, 2.24) is 9.88 Å². The Bertz CT molecular complexity index is 309. The second kappa shape index (κ2) is 9.17. The van der Waals surface area contributed by atoms with E-state index in [9.17, 15) is 0 Å². The van der Waals surface area contributed by atoms with Crippen LogP contribution in [0.25, 0.3) is 0 Å². The minimum absolute atomic E-state index is 0.315. The van der Waals surface area contributed by atoms with Crippen molar-refractivity contribution < 1.29 is 5.11 Å². The quantitative estimate of drug-likeness (QED) is 0.628. The number of unbranched alkanes of at least 4 members (excludes halogenated alkanes) is 2. The standard InChI is InChI=1S/C15H28N2O/c1-3-9-16-15(4-2)14-8-11-17(13-14)10-6-5-7-12-18/h8,11,13,15-16,18H,3-7,9-10,12H2,1-2H3. The first-order valence-corrected chi connectivity index (χ1v) is 7.31. The number of aliphatic hydroxyl groups excluding tert-OH is 1. The summed E-state index contributed by atoms with van der Waals surface area (Å²) in [6.07, 6.45) is 9.92. The summed E-state index contributed by atoms with van der Waals surface area (Å²) in [7, 11) is 0. The highest BCUT2D eigenvalue weighted by Gasteiger charge is 2.09. The molecular formula is C15H28N2O. The summed E-state index contributed by atoms with van der Waals surface area (Å²) < 4.78 is 2.27. The molecule has 1 rings (SSSR count). The van der Waals surface area contributed by atoms with Crippen molar-refractivity contribution in [3.63, 3.8) is 0 Å². The van der Waals surface area contributed by atoms with Crippen LogP contribution < -0.4 is 5.32 Å². The average Bonchev–Trinajstić information content (AvgIpc) is 2.84. The zero-order valence-corrected chi connectivity index (χ0v) is 11.9. The molecule has 1 aromatic rings. The van der Waals surface area contributed by atoms with Crippen LogP contribution in [0.1, 0.15) is 57.6 Å². The Morgan fingerprint density at radius 2 is 2.11 bits per heavy atom. The van der Waals surface area contributed by atoms with E-state index in [0.717, 1.165) is 38.8 Å². The molecule has 18 heavy (non-hydrogen) atoms. The Hall–Kier alpha value is -0.800. The largest absolute Gasteiger partial charge is 0.396 e. The first-order chi connectivity index (χ1) is 8.81. The van der Waals surface area contributed by atoms with Crippen molar-refractivity contribution in [2.45, 2.75) is 58.5 Å². The normalized spacial score (nSPS) is 12.8. The lowest BCUT2D eigenvalue weighted by Gasteiger charge is -2.15. The van der Waals surface area contributed by atoms with Crippen LogP contribution in [-0.4, -0.2) is 22.8 Å². The van der Waals surface area contributed by atoms with Crippen LogP contribution in [0.4, 0.5) is 0 Å². The first-order valence-electron chi connectivity index (χ1n) is 7.31. The van der Waals surface area contributed by atoms with Crippen molar-refractivity contribution in [3.05, 3.63) is 24.0 Å². The van der Waals surface area contributed by atoms with Crippen molar-refractivity contribution in [2.24, 2.45) is 0 Å². The number of rotatable bonds is 10. The maximum absolute atomic E-state index is 8.74. The third-order valence-corrected chi connectivity index (χ3v) is 3.30. The molecule has 1 atom stereocenters. The molecule has 0 saturated carbocycles. The molecular weight excluding hydrogens is 224 g/mol. The number of nitrogens with zero attached hydrogens (tertiary/aromatic N) is 1. The summed E-state index contributed by atoms with van der Waals surface area (Å²) in [5.74, 6) is 0. The van der Waals surface area contributed by atoms with Gasteiger partial charge >= 0.3 is 0 Å². The number of aliphatic hydroxyl groups is 1. The van der Waals surface area contributed by atoms with Gasteiger partial charge in [-0.1, -0.05) is 13.8 Å². The second-order valence-corrected chi connectivity index (χ2v) is 4.88. The Balaban J connectivity index is 2.40. The molecule has 0 bridgehead atoms. The van der Waals surface area contributed by atoms with Gasteiger partial charge in [0.1, 0.15) is 0 Å². The van der Waals surface area contributed by atoms with Crippen LogP contribution in [0, 0.1) is 0 Å². The van der Waals surface area contributed by atoms with Gasteiger partial charge in [-0.3, -0.25) is 0 Å². The van der Waals surface area contributed by atoms with Gasteiger partial charge in [-0.15, -0.1) is 0 Å². The maximum Gasteiger partial charge on any atom is 0.0431 e. The molecule has 0 radical (unpaired) electrons. The summed E-state index contributed by atoms with van der Waals surface area (Å²) in [4.78, 5) is 0. The maximum atomic E-state index is 8.74. The highest BCUT2D eigenvalue weighted by Crippen LogP contribution is 2.17. The van der Waals surface area contributed by atoms with E-state index in [-0.39, 0.29) is 0 Å². The smallest absolute Gasteiger partial charge is 0.0431 e. The molecule has 0 fully saturated rings. The number of hydrogen-bond donors (Lipinski definition) is 2. The van der Waals surface area contributed by atoms with E-state index in [1.165, 1.54) is 12.0 Å².